The van der Waals surface area contributed by atoms with Crippen LogP contribution < -0.4 is 0 Å². The fraction of sp³-hybridized carbons (Fsp3) is 0.889. The molecule has 0 spiro atoms. The summed E-state index contributed by atoms with van der Waals surface area (Å²) < 4.78 is 0. The zero-order valence-corrected chi connectivity index (χ0v) is 13.5. The Morgan fingerprint density at radius 1 is 0.700 bits per heavy atom. The van der Waals surface area contributed by atoms with Crippen molar-refractivity contribution in [1.82, 2.24) is 0 Å². The molecule has 2 heteroatoms. The molecule has 2 N–H and O–H groups in total. The van der Waals surface area contributed by atoms with E-state index < -0.39 is 6.10 Å². The predicted octanol–water partition coefficient (Wildman–Crippen LogP) is 5.90. The zero-order valence-electron chi connectivity index (χ0n) is 13.5. The SMILES string of the molecule is CCCCCCCCCCCCCCCC(O)/C=C/O. The summed E-state index contributed by atoms with van der Waals surface area (Å²) in [4.78, 5) is 0. The van der Waals surface area contributed by atoms with Gasteiger partial charge >= 0.3 is 0 Å². The van der Waals surface area contributed by atoms with Crippen LogP contribution in [0.25, 0.3) is 0 Å². The molecule has 0 bridgehead atoms. The van der Waals surface area contributed by atoms with Crippen molar-refractivity contribution in [2.45, 2.75) is 103 Å². The molecule has 0 aromatic carbocycles. The van der Waals surface area contributed by atoms with Crippen molar-refractivity contribution in [2.24, 2.45) is 0 Å². The third-order valence-corrected chi connectivity index (χ3v) is 3.91. The Morgan fingerprint density at radius 3 is 1.50 bits per heavy atom. The van der Waals surface area contributed by atoms with Crippen LogP contribution in [0.15, 0.2) is 12.3 Å². The van der Waals surface area contributed by atoms with Crippen LogP contribution >= 0.6 is 0 Å². The highest BCUT2D eigenvalue weighted by atomic mass is 16.3. The summed E-state index contributed by atoms with van der Waals surface area (Å²) in [7, 11) is 0. The number of hydrogen-bond donors (Lipinski definition) is 2. The molecular weight excluding hydrogens is 248 g/mol. The lowest BCUT2D eigenvalue weighted by molar-refractivity contribution is 0.205. The summed E-state index contributed by atoms with van der Waals surface area (Å²) in [6, 6.07) is 0. The molecule has 0 aliphatic rings. The van der Waals surface area contributed by atoms with E-state index in [1.807, 2.05) is 0 Å². The molecule has 0 rings (SSSR count). The Kier molecular flexibility index (Phi) is 16.1. The molecule has 1 unspecified atom stereocenters. The van der Waals surface area contributed by atoms with E-state index in [2.05, 4.69) is 6.92 Å². The average molecular weight is 284 g/mol. The van der Waals surface area contributed by atoms with E-state index in [1.165, 1.54) is 83.1 Å². The van der Waals surface area contributed by atoms with Crippen molar-refractivity contribution in [3.63, 3.8) is 0 Å². The molecule has 20 heavy (non-hydrogen) atoms. The van der Waals surface area contributed by atoms with Gasteiger partial charge in [0.1, 0.15) is 0 Å². The van der Waals surface area contributed by atoms with Crippen molar-refractivity contribution in [2.75, 3.05) is 0 Å². The second kappa shape index (κ2) is 16.6. The minimum absolute atomic E-state index is 0.465. The van der Waals surface area contributed by atoms with Gasteiger partial charge in [0.2, 0.25) is 0 Å². The first kappa shape index (κ1) is 19.5. The smallest absolute Gasteiger partial charge is 0.0777 e. The molecular formula is C18H36O2. The van der Waals surface area contributed by atoms with Gasteiger partial charge in [-0.25, -0.2) is 0 Å². The zero-order chi connectivity index (χ0) is 14.9. The molecule has 0 amide bonds. The Morgan fingerprint density at radius 2 is 1.10 bits per heavy atom. The topological polar surface area (TPSA) is 40.5 Å². The Bertz CT molecular complexity index is 202. The summed E-state index contributed by atoms with van der Waals surface area (Å²) in [6.45, 7) is 2.27. The molecule has 1 atom stereocenters. The Hall–Kier alpha value is -0.500. The van der Waals surface area contributed by atoms with Crippen LogP contribution in [0.5, 0.6) is 0 Å². The minimum atomic E-state index is -0.465. The molecule has 0 saturated heterocycles. The molecule has 0 fully saturated rings. The molecule has 120 valence electrons. The van der Waals surface area contributed by atoms with Crippen molar-refractivity contribution in [1.29, 1.82) is 0 Å². The first-order valence-electron chi connectivity index (χ1n) is 8.80. The van der Waals surface area contributed by atoms with Gasteiger partial charge in [-0.05, 0) is 12.5 Å². The van der Waals surface area contributed by atoms with Crippen LogP contribution in [0.3, 0.4) is 0 Å². The summed E-state index contributed by atoms with van der Waals surface area (Å²) in [6.07, 6.45) is 20.2. The van der Waals surface area contributed by atoms with E-state index in [4.69, 9.17) is 5.11 Å². The Labute approximate surface area is 126 Å². The van der Waals surface area contributed by atoms with Gasteiger partial charge in [0.25, 0.3) is 0 Å². The van der Waals surface area contributed by atoms with E-state index in [0.29, 0.717) is 0 Å². The number of rotatable bonds is 15. The van der Waals surface area contributed by atoms with Gasteiger partial charge in [-0.2, -0.15) is 0 Å². The van der Waals surface area contributed by atoms with Crippen molar-refractivity contribution in [3.05, 3.63) is 12.3 Å². The molecule has 2 nitrogen and oxygen atoms in total. The molecule has 0 aromatic heterocycles. The van der Waals surface area contributed by atoms with Gasteiger partial charge < -0.3 is 10.2 Å². The maximum absolute atomic E-state index is 9.38. The second-order valence-electron chi connectivity index (χ2n) is 5.94. The first-order chi connectivity index (χ1) is 9.81. The highest BCUT2D eigenvalue weighted by Gasteiger charge is 1.98. The fourth-order valence-electron chi connectivity index (χ4n) is 2.57. The lowest BCUT2D eigenvalue weighted by Gasteiger charge is -2.05. The third-order valence-electron chi connectivity index (χ3n) is 3.91. The van der Waals surface area contributed by atoms with Gasteiger partial charge in [0.05, 0.1) is 12.4 Å². The van der Waals surface area contributed by atoms with Crippen LogP contribution in [-0.4, -0.2) is 16.3 Å². The molecule has 0 saturated carbocycles. The molecule has 0 radical (unpaired) electrons. The predicted molar refractivity (Wildman–Crippen MR) is 88.1 cm³/mol. The highest BCUT2D eigenvalue weighted by molar-refractivity contribution is 4.81. The van der Waals surface area contributed by atoms with Gasteiger partial charge in [0, 0.05) is 0 Å². The van der Waals surface area contributed by atoms with Crippen LogP contribution in [-0.2, 0) is 0 Å². The van der Waals surface area contributed by atoms with E-state index in [-0.39, 0.29) is 0 Å². The Balaban J connectivity index is 3.02. The van der Waals surface area contributed by atoms with Crippen LogP contribution in [0.4, 0.5) is 0 Å². The van der Waals surface area contributed by atoms with Gasteiger partial charge in [-0.1, -0.05) is 90.4 Å². The number of unbranched alkanes of at least 4 members (excludes halogenated alkanes) is 12. The monoisotopic (exact) mass is 284 g/mol. The van der Waals surface area contributed by atoms with E-state index in [0.717, 1.165) is 19.1 Å². The molecule has 0 aliphatic carbocycles. The van der Waals surface area contributed by atoms with E-state index in [1.54, 1.807) is 0 Å². The number of aliphatic hydroxyl groups excluding tert-OH is 2. The largest absolute Gasteiger partial charge is 0.516 e. The van der Waals surface area contributed by atoms with Gasteiger partial charge in [0.15, 0.2) is 0 Å². The summed E-state index contributed by atoms with van der Waals surface area (Å²) in [5.41, 5.74) is 0. The van der Waals surface area contributed by atoms with Crippen LogP contribution in [0.2, 0.25) is 0 Å². The van der Waals surface area contributed by atoms with Crippen LogP contribution in [0.1, 0.15) is 96.8 Å². The molecule has 0 aliphatic heterocycles. The quantitative estimate of drug-likeness (QED) is 0.290. The summed E-state index contributed by atoms with van der Waals surface area (Å²) in [5.74, 6) is 0. The van der Waals surface area contributed by atoms with Crippen molar-refractivity contribution in [3.8, 4) is 0 Å². The van der Waals surface area contributed by atoms with Crippen molar-refractivity contribution >= 4 is 0 Å². The third kappa shape index (κ3) is 15.6. The first-order valence-corrected chi connectivity index (χ1v) is 8.80. The lowest BCUT2D eigenvalue weighted by atomic mass is 10.0. The maximum atomic E-state index is 9.38. The van der Waals surface area contributed by atoms with Gasteiger partial charge in [-0.15, -0.1) is 0 Å². The highest BCUT2D eigenvalue weighted by Crippen LogP contribution is 2.13. The summed E-state index contributed by atoms with van der Waals surface area (Å²) in [5, 5.41) is 17.9. The van der Waals surface area contributed by atoms with E-state index in [9.17, 15) is 5.11 Å². The lowest BCUT2D eigenvalue weighted by Crippen LogP contribution is -2.01. The second-order valence-corrected chi connectivity index (χ2v) is 5.94. The number of aliphatic hydroxyl groups is 2. The van der Waals surface area contributed by atoms with Gasteiger partial charge in [-0.3, -0.25) is 0 Å². The number of hydrogen-bond acceptors (Lipinski definition) is 2. The molecule has 0 aromatic rings. The molecule has 0 heterocycles. The van der Waals surface area contributed by atoms with Crippen LogP contribution in [0, 0.1) is 0 Å². The maximum Gasteiger partial charge on any atom is 0.0777 e. The average Bonchev–Trinajstić information content (AvgIpc) is 2.44. The minimum Gasteiger partial charge on any atom is -0.516 e. The standard InChI is InChI=1S/C18H36O2/c1-2-3-4-5-6-7-8-9-10-11-12-13-14-15-18(20)16-17-19/h16-20H,2-15H2,1H3/b17-16+. The van der Waals surface area contributed by atoms with E-state index >= 15 is 0 Å². The fourth-order valence-corrected chi connectivity index (χ4v) is 2.57. The summed E-state index contributed by atoms with van der Waals surface area (Å²) >= 11 is 0. The van der Waals surface area contributed by atoms with Crippen molar-refractivity contribution < 1.29 is 10.2 Å². The normalized spacial score (nSPS) is 13.1.